The van der Waals surface area contributed by atoms with Gasteiger partial charge in [-0.05, 0) is 12.1 Å². The van der Waals surface area contributed by atoms with Crippen molar-refractivity contribution < 1.29 is 9.53 Å². The molecule has 1 amide bonds. The summed E-state index contributed by atoms with van der Waals surface area (Å²) in [6.07, 6.45) is 2.08. The first kappa shape index (κ1) is 14.9. The summed E-state index contributed by atoms with van der Waals surface area (Å²) in [6.45, 7) is 2.71. The predicted molar refractivity (Wildman–Crippen MR) is 83.2 cm³/mol. The van der Waals surface area contributed by atoms with Crippen LogP contribution in [0.25, 0.3) is 11.0 Å². The van der Waals surface area contributed by atoms with Crippen molar-refractivity contribution in [2.24, 2.45) is 0 Å². The first-order valence-corrected chi connectivity index (χ1v) is 7.49. The van der Waals surface area contributed by atoms with E-state index in [0.29, 0.717) is 19.6 Å². The molecule has 1 atom stereocenters. The standard InChI is InChI=1S/C16H20N4O2/c1-20(16(21)8-13-10-17-6-7-22-13)11-12-9-18-14-4-2-3-5-15(14)19-12/h2-5,9,13,17H,6-8,10-11H2,1H3/t13-/m1/s1. The number of fused-ring (bicyclic) bond motifs is 1. The lowest BCUT2D eigenvalue weighted by Gasteiger charge is -2.25. The van der Waals surface area contributed by atoms with Gasteiger partial charge in [0.1, 0.15) is 0 Å². The fourth-order valence-electron chi connectivity index (χ4n) is 2.50. The van der Waals surface area contributed by atoms with E-state index in [0.717, 1.165) is 29.8 Å². The second-order valence-corrected chi connectivity index (χ2v) is 5.50. The first-order chi connectivity index (χ1) is 10.7. The largest absolute Gasteiger partial charge is 0.375 e. The number of aromatic nitrogens is 2. The lowest BCUT2D eigenvalue weighted by molar-refractivity contribution is -0.134. The normalized spacial score (nSPS) is 18.3. The summed E-state index contributed by atoms with van der Waals surface area (Å²) >= 11 is 0. The number of nitrogens with zero attached hydrogens (tertiary/aromatic N) is 3. The number of amides is 1. The maximum Gasteiger partial charge on any atom is 0.225 e. The molecular weight excluding hydrogens is 280 g/mol. The van der Waals surface area contributed by atoms with Gasteiger partial charge in [-0.15, -0.1) is 0 Å². The molecule has 0 radical (unpaired) electrons. The number of nitrogens with one attached hydrogen (secondary N) is 1. The maximum atomic E-state index is 12.2. The smallest absolute Gasteiger partial charge is 0.225 e. The van der Waals surface area contributed by atoms with Gasteiger partial charge in [0.15, 0.2) is 0 Å². The van der Waals surface area contributed by atoms with Gasteiger partial charge in [0.25, 0.3) is 0 Å². The maximum absolute atomic E-state index is 12.2. The minimum absolute atomic E-state index is 0.0358. The Kier molecular flexibility index (Phi) is 4.60. The monoisotopic (exact) mass is 300 g/mol. The number of carbonyl (C=O) groups excluding carboxylic acids is 1. The average molecular weight is 300 g/mol. The molecule has 1 N–H and O–H groups in total. The zero-order chi connectivity index (χ0) is 15.4. The van der Waals surface area contributed by atoms with Crippen molar-refractivity contribution in [3.63, 3.8) is 0 Å². The van der Waals surface area contributed by atoms with E-state index in [1.54, 1.807) is 18.1 Å². The molecular formula is C16H20N4O2. The van der Waals surface area contributed by atoms with Crippen LogP contribution in [0.2, 0.25) is 0 Å². The molecule has 0 aliphatic carbocycles. The summed E-state index contributed by atoms with van der Waals surface area (Å²) in [4.78, 5) is 22.8. The van der Waals surface area contributed by atoms with Gasteiger partial charge in [0, 0.05) is 20.1 Å². The topological polar surface area (TPSA) is 67.4 Å². The summed E-state index contributed by atoms with van der Waals surface area (Å²) < 4.78 is 5.57. The Balaban J connectivity index is 1.61. The molecule has 1 fully saturated rings. The van der Waals surface area contributed by atoms with Crippen molar-refractivity contribution in [2.75, 3.05) is 26.7 Å². The molecule has 1 aromatic carbocycles. The van der Waals surface area contributed by atoms with Crippen LogP contribution in [0.5, 0.6) is 0 Å². The Labute approximate surface area is 129 Å². The summed E-state index contributed by atoms with van der Waals surface area (Å²) in [5.41, 5.74) is 2.50. The predicted octanol–water partition coefficient (Wildman–Crippen LogP) is 0.967. The lowest BCUT2D eigenvalue weighted by atomic mass is 10.2. The highest BCUT2D eigenvalue weighted by molar-refractivity contribution is 5.76. The summed E-state index contributed by atoms with van der Waals surface area (Å²) in [5, 5.41) is 3.23. The SMILES string of the molecule is CN(Cc1cnc2ccccc2n1)C(=O)C[C@@H]1CNCCO1. The average Bonchev–Trinajstić information content (AvgIpc) is 2.55. The van der Waals surface area contributed by atoms with Crippen LogP contribution >= 0.6 is 0 Å². The van der Waals surface area contributed by atoms with Crippen LogP contribution in [0, 0.1) is 0 Å². The van der Waals surface area contributed by atoms with Gasteiger partial charge in [-0.1, -0.05) is 12.1 Å². The third-order valence-electron chi connectivity index (χ3n) is 3.73. The number of hydrogen-bond acceptors (Lipinski definition) is 5. The van der Waals surface area contributed by atoms with E-state index in [4.69, 9.17) is 4.74 Å². The van der Waals surface area contributed by atoms with Gasteiger partial charge in [-0.3, -0.25) is 9.78 Å². The molecule has 22 heavy (non-hydrogen) atoms. The highest BCUT2D eigenvalue weighted by atomic mass is 16.5. The minimum atomic E-state index is -0.0358. The van der Waals surface area contributed by atoms with Gasteiger partial charge in [0.2, 0.25) is 5.91 Å². The molecule has 1 saturated heterocycles. The van der Waals surface area contributed by atoms with Crippen molar-refractivity contribution in [1.29, 1.82) is 0 Å². The third kappa shape index (κ3) is 3.58. The van der Waals surface area contributed by atoms with Gasteiger partial charge in [-0.25, -0.2) is 4.98 Å². The third-order valence-corrected chi connectivity index (χ3v) is 3.73. The molecule has 0 spiro atoms. The van der Waals surface area contributed by atoms with Crippen molar-refractivity contribution in [1.82, 2.24) is 20.2 Å². The van der Waals surface area contributed by atoms with Crippen molar-refractivity contribution >= 4 is 16.9 Å². The van der Waals surface area contributed by atoms with E-state index >= 15 is 0 Å². The molecule has 2 aromatic rings. The van der Waals surface area contributed by atoms with E-state index in [-0.39, 0.29) is 12.0 Å². The van der Waals surface area contributed by atoms with E-state index in [1.165, 1.54) is 0 Å². The molecule has 1 aliphatic rings. The highest BCUT2D eigenvalue weighted by Gasteiger charge is 2.20. The molecule has 6 nitrogen and oxygen atoms in total. The van der Waals surface area contributed by atoms with E-state index in [2.05, 4.69) is 15.3 Å². The van der Waals surface area contributed by atoms with Crippen molar-refractivity contribution in [3.8, 4) is 0 Å². The first-order valence-electron chi connectivity index (χ1n) is 7.49. The fourth-order valence-corrected chi connectivity index (χ4v) is 2.50. The lowest BCUT2D eigenvalue weighted by Crippen LogP contribution is -2.41. The van der Waals surface area contributed by atoms with Crippen LogP contribution in [0.4, 0.5) is 0 Å². The van der Waals surface area contributed by atoms with Gasteiger partial charge < -0.3 is 15.0 Å². The van der Waals surface area contributed by atoms with Crippen LogP contribution in [0.3, 0.4) is 0 Å². The summed E-state index contributed by atoms with van der Waals surface area (Å²) in [6, 6.07) is 7.72. The number of ether oxygens (including phenoxy) is 1. The van der Waals surface area contributed by atoms with Crippen LogP contribution in [-0.2, 0) is 16.1 Å². The van der Waals surface area contributed by atoms with E-state index in [9.17, 15) is 4.79 Å². The van der Waals surface area contributed by atoms with E-state index < -0.39 is 0 Å². The summed E-state index contributed by atoms with van der Waals surface area (Å²) in [7, 11) is 1.79. The number of benzene rings is 1. The van der Waals surface area contributed by atoms with Crippen molar-refractivity contribution in [3.05, 3.63) is 36.2 Å². The molecule has 0 bridgehead atoms. The second-order valence-electron chi connectivity index (χ2n) is 5.50. The molecule has 6 heteroatoms. The van der Waals surface area contributed by atoms with Crippen LogP contribution in [0.15, 0.2) is 30.5 Å². The van der Waals surface area contributed by atoms with Gasteiger partial charge in [0.05, 0.1) is 48.6 Å². The Bertz CT molecular complexity index is 655. The van der Waals surface area contributed by atoms with Gasteiger partial charge in [-0.2, -0.15) is 0 Å². The summed E-state index contributed by atoms with van der Waals surface area (Å²) in [5.74, 6) is 0.0589. The van der Waals surface area contributed by atoms with Crippen LogP contribution < -0.4 is 5.32 Å². The second kappa shape index (κ2) is 6.81. The highest BCUT2D eigenvalue weighted by Crippen LogP contribution is 2.11. The zero-order valence-corrected chi connectivity index (χ0v) is 12.7. The molecule has 3 rings (SSSR count). The Hall–Kier alpha value is -2.05. The molecule has 0 unspecified atom stereocenters. The zero-order valence-electron chi connectivity index (χ0n) is 12.7. The molecule has 1 aliphatic heterocycles. The quantitative estimate of drug-likeness (QED) is 0.911. The number of hydrogen-bond donors (Lipinski definition) is 1. The Morgan fingerprint density at radius 1 is 1.41 bits per heavy atom. The number of carbonyl (C=O) groups is 1. The molecule has 116 valence electrons. The molecule has 0 saturated carbocycles. The minimum Gasteiger partial charge on any atom is -0.375 e. The Morgan fingerprint density at radius 3 is 3.00 bits per heavy atom. The van der Waals surface area contributed by atoms with Crippen molar-refractivity contribution in [2.45, 2.75) is 19.1 Å². The Morgan fingerprint density at radius 2 is 2.23 bits per heavy atom. The fraction of sp³-hybridized carbons (Fsp3) is 0.438. The van der Waals surface area contributed by atoms with Crippen LogP contribution in [-0.4, -0.2) is 53.6 Å². The van der Waals surface area contributed by atoms with Crippen LogP contribution in [0.1, 0.15) is 12.1 Å². The number of morpholine rings is 1. The van der Waals surface area contributed by atoms with E-state index in [1.807, 2.05) is 24.3 Å². The molecule has 1 aromatic heterocycles. The number of rotatable bonds is 4. The molecule has 2 heterocycles. The van der Waals surface area contributed by atoms with Gasteiger partial charge >= 0.3 is 0 Å². The number of para-hydroxylation sites is 2.